The van der Waals surface area contributed by atoms with Gasteiger partial charge < -0.3 is 15.8 Å². The lowest BCUT2D eigenvalue weighted by Gasteiger charge is -2.18. The number of nitrogens with zero attached hydrogens (tertiary/aromatic N) is 2. The molecule has 1 atom stereocenters. The van der Waals surface area contributed by atoms with Crippen LogP contribution in [0, 0.1) is 0 Å². The van der Waals surface area contributed by atoms with Crippen molar-refractivity contribution in [1.29, 1.82) is 0 Å². The van der Waals surface area contributed by atoms with Crippen molar-refractivity contribution in [2.75, 3.05) is 11.1 Å². The summed E-state index contributed by atoms with van der Waals surface area (Å²) in [7, 11) is 2.63. The molecule has 0 aliphatic heterocycles. The van der Waals surface area contributed by atoms with Crippen molar-refractivity contribution in [2.45, 2.75) is 26.0 Å². The summed E-state index contributed by atoms with van der Waals surface area (Å²) in [6.07, 6.45) is 0.328. The maximum absolute atomic E-state index is 13.0. The first kappa shape index (κ1) is 23.7. The van der Waals surface area contributed by atoms with Crippen molar-refractivity contribution in [3.05, 3.63) is 86.1 Å². The Morgan fingerprint density at radius 2 is 1.76 bits per heavy atom. The van der Waals surface area contributed by atoms with Gasteiger partial charge in [-0.3, -0.25) is 18.7 Å². The number of alkyl halides is 2. The number of anilines is 2. The average molecular weight is 458 g/mol. The van der Waals surface area contributed by atoms with Crippen molar-refractivity contribution < 1.29 is 18.3 Å². The highest BCUT2D eigenvalue weighted by molar-refractivity contribution is 6.04. The van der Waals surface area contributed by atoms with E-state index < -0.39 is 29.7 Å². The maximum Gasteiger partial charge on any atom is 0.387 e. The summed E-state index contributed by atoms with van der Waals surface area (Å²) >= 11 is 0. The van der Waals surface area contributed by atoms with Crippen molar-refractivity contribution >= 4 is 17.3 Å². The first-order chi connectivity index (χ1) is 15.6. The summed E-state index contributed by atoms with van der Waals surface area (Å²) in [4.78, 5) is 37.5. The molecule has 0 saturated carbocycles. The zero-order valence-corrected chi connectivity index (χ0v) is 18.3. The second-order valence-electron chi connectivity index (χ2n) is 7.56. The number of nitrogen functional groups attached to an aromatic ring is 1. The van der Waals surface area contributed by atoms with Crippen molar-refractivity contribution in [2.24, 2.45) is 14.1 Å². The Labute approximate surface area is 188 Å². The lowest BCUT2D eigenvalue weighted by molar-refractivity contribution is -0.0503. The van der Waals surface area contributed by atoms with Crippen LogP contribution in [-0.2, 0) is 20.5 Å². The van der Waals surface area contributed by atoms with E-state index in [1.54, 1.807) is 6.07 Å². The number of nitrogens with one attached hydrogen (secondary N) is 1. The predicted octanol–water partition coefficient (Wildman–Crippen LogP) is 2.54. The van der Waals surface area contributed by atoms with Gasteiger partial charge in [0.25, 0.3) is 5.56 Å². The van der Waals surface area contributed by atoms with E-state index in [-0.39, 0.29) is 17.1 Å². The van der Waals surface area contributed by atoms with Crippen LogP contribution in [0.15, 0.2) is 58.1 Å². The first-order valence-corrected chi connectivity index (χ1v) is 10.1. The number of aromatic nitrogens is 2. The summed E-state index contributed by atoms with van der Waals surface area (Å²) in [6, 6.07) is 12.8. The summed E-state index contributed by atoms with van der Waals surface area (Å²) < 4.78 is 32.2. The van der Waals surface area contributed by atoms with Gasteiger partial charge >= 0.3 is 12.3 Å². The average Bonchev–Trinajstić information content (AvgIpc) is 2.78. The highest BCUT2D eigenvalue weighted by Crippen LogP contribution is 2.27. The van der Waals surface area contributed by atoms with Gasteiger partial charge in [-0.15, -0.1) is 0 Å². The van der Waals surface area contributed by atoms with Gasteiger partial charge in [0.15, 0.2) is 5.78 Å². The van der Waals surface area contributed by atoms with Crippen molar-refractivity contribution in [3.8, 4) is 5.75 Å². The molecule has 0 fully saturated rings. The Bertz CT molecular complexity index is 1290. The molecule has 174 valence electrons. The Hall–Kier alpha value is -3.95. The minimum atomic E-state index is -2.98. The lowest BCUT2D eigenvalue weighted by Crippen LogP contribution is -2.43. The molecule has 1 heterocycles. The molecule has 0 radical (unpaired) electrons. The van der Waals surface area contributed by atoms with Gasteiger partial charge in [-0.1, -0.05) is 30.3 Å². The van der Waals surface area contributed by atoms with E-state index in [2.05, 4.69) is 10.1 Å². The molecule has 2 aromatic carbocycles. The third-order valence-electron chi connectivity index (χ3n) is 5.25. The first-order valence-electron chi connectivity index (χ1n) is 10.1. The second kappa shape index (κ2) is 9.68. The monoisotopic (exact) mass is 458 g/mol. The van der Waals surface area contributed by atoms with Crippen LogP contribution in [0.1, 0.15) is 28.4 Å². The topological polar surface area (TPSA) is 108 Å². The molecule has 1 aromatic heterocycles. The van der Waals surface area contributed by atoms with Crippen LogP contribution in [-0.4, -0.2) is 27.6 Å². The fraction of sp³-hybridized carbons (Fsp3) is 0.261. The molecule has 10 heteroatoms. The number of ketones is 1. The number of ether oxygens (including phenoxy) is 1. The molecular weight excluding hydrogens is 434 g/mol. The molecule has 0 unspecified atom stereocenters. The molecule has 0 aliphatic rings. The van der Waals surface area contributed by atoms with Gasteiger partial charge in [0.1, 0.15) is 17.1 Å². The maximum atomic E-state index is 13.0. The highest BCUT2D eigenvalue weighted by atomic mass is 19.3. The lowest BCUT2D eigenvalue weighted by atomic mass is 10.0. The van der Waals surface area contributed by atoms with E-state index in [4.69, 9.17) is 5.73 Å². The van der Waals surface area contributed by atoms with Crippen LogP contribution in [0.3, 0.4) is 0 Å². The molecule has 8 nitrogen and oxygen atoms in total. The normalized spacial score (nSPS) is 11.9. The fourth-order valence-corrected chi connectivity index (χ4v) is 3.46. The Morgan fingerprint density at radius 1 is 1.09 bits per heavy atom. The molecule has 33 heavy (non-hydrogen) atoms. The van der Waals surface area contributed by atoms with Gasteiger partial charge in [-0.05, 0) is 30.7 Å². The SMILES string of the molecule is C[C@@H](Nc1ccc(OC(F)F)c(Cc2ccccc2)c1)C(=O)c1c(N)n(C)c(=O)n(C)c1=O. The molecule has 0 saturated heterocycles. The molecule has 0 spiro atoms. The van der Waals surface area contributed by atoms with Gasteiger partial charge in [-0.25, -0.2) is 4.79 Å². The highest BCUT2D eigenvalue weighted by Gasteiger charge is 2.25. The number of hydrogen-bond acceptors (Lipinski definition) is 6. The van der Waals surface area contributed by atoms with Gasteiger partial charge in [0, 0.05) is 31.8 Å². The number of benzene rings is 2. The van der Waals surface area contributed by atoms with Crippen LogP contribution < -0.4 is 27.0 Å². The van der Waals surface area contributed by atoms with E-state index in [0.717, 1.165) is 14.7 Å². The molecule has 0 bridgehead atoms. The summed E-state index contributed by atoms with van der Waals surface area (Å²) in [6.45, 7) is -1.45. The number of halogens is 2. The van der Waals surface area contributed by atoms with Crippen LogP contribution in [0.25, 0.3) is 0 Å². The van der Waals surface area contributed by atoms with Crippen LogP contribution in [0.2, 0.25) is 0 Å². The molecular formula is C23H24F2N4O4. The molecule has 3 rings (SSSR count). The van der Waals surface area contributed by atoms with E-state index in [0.29, 0.717) is 17.7 Å². The number of Topliss-reactive ketones (excluding diaryl/α,β-unsaturated/α-hetero) is 1. The van der Waals surface area contributed by atoms with Gasteiger partial charge in [0.05, 0.1) is 6.04 Å². The van der Waals surface area contributed by atoms with Crippen LogP contribution in [0.4, 0.5) is 20.3 Å². The molecule has 3 aromatic rings. The Kier molecular flexibility index (Phi) is 6.95. The smallest absolute Gasteiger partial charge is 0.387 e. The number of hydrogen-bond donors (Lipinski definition) is 2. The van der Waals surface area contributed by atoms with Crippen LogP contribution >= 0.6 is 0 Å². The standard InChI is InChI=1S/C23H24F2N4O4/c1-13(19(30)18-20(26)28(2)23(32)29(3)21(18)31)27-16-9-10-17(33-22(24)25)15(12-16)11-14-7-5-4-6-8-14/h4-10,12-13,22,27H,11,26H2,1-3H3/t13-/m1/s1. The minimum absolute atomic E-state index is 0.0227. The quantitative estimate of drug-likeness (QED) is 0.503. The van der Waals surface area contributed by atoms with Gasteiger partial charge in [0.2, 0.25) is 0 Å². The zero-order chi connectivity index (χ0) is 24.3. The Balaban J connectivity index is 1.92. The third-order valence-corrected chi connectivity index (χ3v) is 5.25. The largest absolute Gasteiger partial charge is 0.435 e. The fourth-order valence-electron chi connectivity index (χ4n) is 3.46. The summed E-state index contributed by atoms with van der Waals surface area (Å²) in [5.41, 5.74) is 5.97. The van der Waals surface area contributed by atoms with E-state index >= 15 is 0 Å². The molecule has 3 N–H and O–H groups in total. The van der Waals surface area contributed by atoms with E-state index in [9.17, 15) is 23.2 Å². The van der Waals surface area contributed by atoms with E-state index in [1.165, 1.54) is 33.2 Å². The molecule has 0 amide bonds. The van der Waals surface area contributed by atoms with Crippen LogP contribution in [0.5, 0.6) is 5.75 Å². The predicted molar refractivity (Wildman–Crippen MR) is 121 cm³/mol. The second-order valence-corrected chi connectivity index (χ2v) is 7.56. The minimum Gasteiger partial charge on any atom is -0.435 e. The van der Waals surface area contributed by atoms with Gasteiger partial charge in [-0.2, -0.15) is 8.78 Å². The number of nitrogens with two attached hydrogens (primary N) is 1. The number of carbonyl (C=O) groups is 1. The molecule has 0 aliphatic carbocycles. The van der Waals surface area contributed by atoms with Crippen molar-refractivity contribution in [1.82, 2.24) is 9.13 Å². The summed E-state index contributed by atoms with van der Waals surface area (Å²) in [5, 5.41) is 2.97. The third kappa shape index (κ3) is 5.11. The van der Waals surface area contributed by atoms with Crippen molar-refractivity contribution in [3.63, 3.8) is 0 Å². The summed E-state index contributed by atoms with van der Waals surface area (Å²) in [5.74, 6) is -0.817. The number of carbonyl (C=O) groups excluding carboxylic acids is 1. The van der Waals surface area contributed by atoms with E-state index in [1.807, 2.05) is 30.3 Å². The zero-order valence-electron chi connectivity index (χ0n) is 18.3. The Morgan fingerprint density at radius 3 is 2.39 bits per heavy atom. The number of rotatable bonds is 8.